The summed E-state index contributed by atoms with van der Waals surface area (Å²) in [4.78, 5) is 0. The molecule has 2 aliphatic carbocycles. The third kappa shape index (κ3) is 2.27. The van der Waals surface area contributed by atoms with Crippen molar-refractivity contribution in [2.24, 2.45) is 12.5 Å². The van der Waals surface area contributed by atoms with E-state index in [4.69, 9.17) is 4.74 Å². The van der Waals surface area contributed by atoms with Crippen LogP contribution in [0.1, 0.15) is 45.4 Å². The first-order valence-corrected chi connectivity index (χ1v) is 7.61. The topological polar surface area (TPSA) is 39.1 Å². The van der Waals surface area contributed by atoms with E-state index in [9.17, 15) is 0 Å². The van der Waals surface area contributed by atoms with Gasteiger partial charge in [-0.3, -0.25) is 4.68 Å². The van der Waals surface area contributed by atoms with E-state index in [2.05, 4.69) is 23.5 Å². The molecule has 0 aromatic carbocycles. The van der Waals surface area contributed by atoms with E-state index >= 15 is 0 Å². The van der Waals surface area contributed by atoms with Crippen LogP contribution in [0.2, 0.25) is 0 Å². The standard InChI is InChI=1S/C15H25N3O/c1-3-19-14-9-13(15(14)7-5-4-6-8-15)17-12-10-16-18(2)11-12/h10-11,13-14,17H,3-9H2,1-2H3. The van der Waals surface area contributed by atoms with Gasteiger partial charge in [0, 0.05) is 31.3 Å². The number of anilines is 1. The zero-order valence-corrected chi connectivity index (χ0v) is 12.1. The summed E-state index contributed by atoms with van der Waals surface area (Å²) in [6.07, 6.45) is 12.3. The summed E-state index contributed by atoms with van der Waals surface area (Å²) < 4.78 is 7.84. The van der Waals surface area contributed by atoms with Gasteiger partial charge in [-0.05, 0) is 26.2 Å². The Kier molecular flexibility index (Phi) is 3.52. The summed E-state index contributed by atoms with van der Waals surface area (Å²) >= 11 is 0. The van der Waals surface area contributed by atoms with Gasteiger partial charge in [-0.15, -0.1) is 0 Å². The van der Waals surface area contributed by atoms with Crippen LogP contribution in [0, 0.1) is 5.41 Å². The highest BCUT2D eigenvalue weighted by Gasteiger charge is 2.55. The Bertz CT molecular complexity index is 423. The Morgan fingerprint density at radius 1 is 1.42 bits per heavy atom. The molecular weight excluding hydrogens is 238 g/mol. The molecule has 2 atom stereocenters. The highest BCUT2D eigenvalue weighted by atomic mass is 16.5. The lowest BCUT2D eigenvalue weighted by Crippen LogP contribution is -2.62. The van der Waals surface area contributed by atoms with Gasteiger partial charge in [0.15, 0.2) is 0 Å². The molecule has 1 spiro atoms. The number of nitrogens with one attached hydrogen (secondary N) is 1. The Morgan fingerprint density at radius 3 is 2.84 bits per heavy atom. The molecular formula is C15H25N3O. The average molecular weight is 263 g/mol. The predicted molar refractivity (Wildman–Crippen MR) is 76.2 cm³/mol. The molecule has 0 aliphatic heterocycles. The molecule has 4 nitrogen and oxygen atoms in total. The van der Waals surface area contributed by atoms with E-state index in [1.54, 1.807) is 0 Å². The smallest absolute Gasteiger partial charge is 0.0728 e. The maximum Gasteiger partial charge on any atom is 0.0728 e. The number of hydrogen-bond acceptors (Lipinski definition) is 3. The molecule has 106 valence electrons. The predicted octanol–water partition coefficient (Wildman–Crippen LogP) is 2.96. The number of hydrogen-bond donors (Lipinski definition) is 1. The second-order valence-electron chi connectivity index (χ2n) is 6.07. The molecule has 1 aromatic rings. The summed E-state index contributed by atoms with van der Waals surface area (Å²) in [5.74, 6) is 0. The minimum Gasteiger partial charge on any atom is -0.379 e. The fraction of sp³-hybridized carbons (Fsp3) is 0.800. The van der Waals surface area contributed by atoms with Crippen LogP contribution in [0.3, 0.4) is 0 Å². The van der Waals surface area contributed by atoms with Crippen LogP contribution < -0.4 is 5.32 Å². The monoisotopic (exact) mass is 263 g/mol. The quantitative estimate of drug-likeness (QED) is 0.907. The molecule has 2 aliphatic rings. The van der Waals surface area contributed by atoms with Crippen molar-refractivity contribution in [1.82, 2.24) is 9.78 Å². The van der Waals surface area contributed by atoms with Crippen LogP contribution in [0.4, 0.5) is 5.69 Å². The Morgan fingerprint density at radius 2 is 2.21 bits per heavy atom. The van der Waals surface area contributed by atoms with Crippen molar-refractivity contribution in [2.75, 3.05) is 11.9 Å². The molecule has 2 unspecified atom stereocenters. The third-order valence-corrected chi connectivity index (χ3v) is 4.98. The minimum atomic E-state index is 0.379. The minimum absolute atomic E-state index is 0.379. The number of aromatic nitrogens is 2. The zero-order chi connectivity index (χ0) is 13.3. The number of rotatable bonds is 4. The first-order valence-electron chi connectivity index (χ1n) is 7.61. The molecule has 0 amide bonds. The molecule has 19 heavy (non-hydrogen) atoms. The number of nitrogens with zero attached hydrogens (tertiary/aromatic N) is 2. The van der Waals surface area contributed by atoms with Gasteiger partial charge in [-0.1, -0.05) is 19.3 Å². The first-order chi connectivity index (χ1) is 9.24. The van der Waals surface area contributed by atoms with Crippen molar-refractivity contribution in [1.29, 1.82) is 0 Å². The van der Waals surface area contributed by atoms with Crippen LogP contribution in [0.25, 0.3) is 0 Å². The van der Waals surface area contributed by atoms with Crippen molar-refractivity contribution >= 4 is 5.69 Å². The maximum atomic E-state index is 5.98. The van der Waals surface area contributed by atoms with Crippen LogP contribution in [-0.2, 0) is 11.8 Å². The van der Waals surface area contributed by atoms with E-state index in [0.29, 0.717) is 17.6 Å². The summed E-state index contributed by atoms with van der Waals surface area (Å²) in [7, 11) is 1.96. The van der Waals surface area contributed by atoms with E-state index in [1.807, 2.05) is 17.9 Å². The molecule has 2 saturated carbocycles. The second kappa shape index (κ2) is 5.16. The lowest BCUT2D eigenvalue weighted by atomic mass is 9.55. The van der Waals surface area contributed by atoms with Crippen LogP contribution in [0.15, 0.2) is 12.4 Å². The first kappa shape index (κ1) is 13.0. The van der Waals surface area contributed by atoms with E-state index in [1.165, 1.54) is 32.1 Å². The van der Waals surface area contributed by atoms with Gasteiger partial charge in [-0.2, -0.15) is 5.10 Å². The van der Waals surface area contributed by atoms with Crippen molar-refractivity contribution < 1.29 is 4.74 Å². The molecule has 4 heteroatoms. The number of aryl methyl sites for hydroxylation is 1. The molecule has 0 radical (unpaired) electrons. The van der Waals surface area contributed by atoms with Crippen LogP contribution >= 0.6 is 0 Å². The average Bonchev–Trinajstić information content (AvgIpc) is 2.84. The van der Waals surface area contributed by atoms with Crippen molar-refractivity contribution in [3.05, 3.63) is 12.4 Å². The summed E-state index contributed by atoms with van der Waals surface area (Å²) in [5, 5.41) is 7.92. The zero-order valence-electron chi connectivity index (χ0n) is 12.1. The van der Waals surface area contributed by atoms with Crippen molar-refractivity contribution in [2.45, 2.75) is 57.6 Å². The van der Waals surface area contributed by atoms with Gasteiger partial charge in [0.2, 0.25) is 0 Å². The van der Waals surface area contributed by atoms with E-state index < -0.39 is 0 Å². The van der Waals surface area contributed by atoms with Gasteiger partial charge in [-0.25, -0.2) is 0 Å². The molecule has 0 bridgehead atoms. The fourth-order valence-electron chi connectivity index (χ4n) is 3.96. The van der Waals surface area contributed by atoms with Crippen molar-refractivity contribution in [3.63, 3.8) is 0 Å². The van der Waals surface area contributed by atoms with Crippen molar-refractivity contribution in [3.8, 4) is 0 Å². The van der Waals surface area contributed by atoms with Crippen LogP contribution in [0.5, 0.6) is 0 Å². The second-order valence-corrected chi connectivity index (χ2v) is 6.07. The third-order valence-electron chi connectivity index (χ3n) is 4.98. The molecule has 1 heterocycles. The molecule has 1 N–H and O–H groups in total. The van der Waals surface area contributed by atoms with E-state index in [-0.39, 0.29) is 0 Å². The normalized spacial score (nSPS) is 29.2. The van der Waals surface area contributed by atoms with Crippen LogP contribution in [-0.4, -0.2) is 28.5 Å². The highest BCUT2D eigenvalue weighted by molar-refractivity contribution is 5.41. The van der Waals surface area contributed by atoms with Gasteiger partial charge in [0.05, 0.1) is 18.0 Å². The van der Waals surface area contributed by atoms with Gasteiger partial charge in [0.1, 0.15) is 0 Å². The molecule has 3 rings (SSSR count). The highest BCUT2D eigenvalue weighted by Crippen LogP contribution is 2.54. The summed E-state index contributed by atoms with van der Waals surface area (Å²) in [6, 6.07) is 0.563. The molecule has 1 aromatic heterocycles. The molecule has 0 saturated heterocycles. The molecule has 2 fully saturated rings. The Balaban J connectivity index is 1.71. The lowest BCUT2D eigenvalue weighted by molar-refractivity contribution is -0.134. The SMILES string of the molecule is CCOC1CC(Nc2cnn(C)c2)C12CCCCC2. The fourth-order valence-corrected chi connectivity index (χ4v) is 3.96. The van der Waals surface area contributed by atoms with E-state index in [0.717, 1.165) is 18.7 Å². The Labute approximate surface area is 115 Å². The number of ether oxygens (including phenoxy) is 1. The summed E-state index contributed by atoms with van der Waals surface area (Å²) in [6.45, 7) is 2.95. The van der Waals surface area contributed by atoms with Gasteiger partial charge in [0.25, 0.3) is 0 Å². The summed E-state index contributed by atoms with van der Waals surface area (Å²) in [5.41, 5.74) is 1.52. The lowest BCUT2D eigenvalue weighted by Gasteiger charge is -2.57. The van der Waals surface area contributed by atoms with Gasteiger partial charge >= 0.3 is 0 Å². The van der Waals surface area contributed by atoms with Gasteiger partial charge < -0.3 is 10.1 Å². The largest absolute Gasteiger partial charge is 0.379 e. The maximum absolute atomic E-state index is 5.98. The Hall–Kier alpha value is -1.03.